The van der Waals surface area contributed by atoms with Crippen molar-refractivity contribution in [3.8, 4) is 0 Å². The second kappa shape index (κ2) is 6.78. The number of amides is 1. The van der Waals surface area contributed by atoms with Crippen molar-refractivity contribution in [3.05, 3.63) is 35.9 Å². The highest BCUT2D eigenvalue weighted by Gasteiger charge is 2.16. The molecule has 1 aromatic rings. The summed E-state index contributed by atoms with van der Waals surface area (Å²) in [6.45, 7) is 5.23. The zero-order valence-corrected chi connectivity index (χ0v) is 11.4. The maximum absolute atomic E-state index is 11.4. The summed E-state index contributed by atoms with van der Waals surface area (Å²) in [5.41, 5.74) is 0.311. The number of hydrogen-bond acceptors (Lipinski definition) is 4. The first-order valence-electron chi connectivity index (χ1n) is 6.03. The number of alkyl carbamates (subject to hydrolysis) is 1. The van der Waals surface area contributed by atoms with Crippen LogP contribution in [0.25, 0.3) is 0 Å². The van der Waals surface area contributed by atoms with Gasteiger partial charge in [0.25, 0.3) is 0 Å². The Hall–Kier alpha value is -2.04. The van der Waals surface area contributed by atoms with Crippen LogP contribution < -0.4 is 5.32 Å². The highest BCUT2D eigenvalue weighted by atomic mass is 16.6. The summed E-state index contributed by atoms with van der Waals surface area (Å²) in [4.78, 5) is 22.7. The van der Waals surface area contributed by atoms with Gasteiger partial charge in [0.2, 0.25) is 0 Å². The van der Waals surface area contributed by atoms with Crippen molar-refractivity contribution in [3.63, 3.8) is 0 Å². The van der Waals surface area contributed by atoms with Gasteiger partial charge >= 0.3 is 12.1 Å². The quantitative estimate of drug-likeness (QED) is 0.851. The average Bonchev–Trinajstić information content (AvgIpc) is 2.33. The Balaban J connectivity index is 0.00000361. The molecule has 0 aliphatic carbocycles. The van der Waals surface area contributed by atoms with Crippen LogP contribution in [0.5, 0.6) is 0 Å². The number of benzene rings is 1. The molecule has 5 nitrogen and oxygen atoms in total. The minimum atomic E-state index is -0.635. The smallest absolute Gasteiger partial charge is 0.408 e. The van der Waals surface area contributed by atoms with E-state index in [4.69, 9.17) is 9.47 Å². The molecule has 0 aliphatic rings. The third kappa shape index (κ3) is 7.08. The van der Waals surface area contributed by atoms with Crippen LogP contribution in [0.4, 0.5) is 4.79 Å². The number of nitrogens with one attached hydrogen (secondary N) is 1. The fourth-order valence-electron chi connectivity index (χ4n) is 1.25. The molecule has 0 aromatic heterocycles. The summed E-state index contributed by atoms with van der Waals surface area (Å²) < 4.78 is 9.99. The molecule has 0 spiro atoms. The lowest BCUT2D eigenvalue weighted by Crippen LogP contribution is -2.36. The Morgan fingerprint density at radius 3 is 2.42 bits per heavy atom. The van der Waals surface area contributed by atoms with Crippen LogP contribution in [-0.4, -0.2) is 24.2 Å². The Bertz CT molecular complexity index is 429. The minimum Gasteiger partial charge on any atom is -0.460 e. The van der Waals surface area contributed by atoms with E-state index in [1.165, 1.54) is 0 Å². The monoisotopic (exact) mass is 267 g/mol. The summed E-state index contributed by atoms with van der Waals surface area (Å²) in [7, 11) is 0. The molecular weight excluding hydrogens is 246 g/mol. The van der Waals surface area contributed by atoms with Gasteiger partial charge in [-0.05, 0) is 26.3 Å². The molecule has 0 heterocycles. The first-order chi connectivity index (χ1) is 8.87. The number of carbonyl (C=O) groups excluding carboxylic acids is 2. The van der Waals surface area contributed by atoms with Gasteiger partial charge in [-0.3, -0.25) is 4.79 Å². The molecule has 5 heteroatoms. The summed E-state index contributed by atoms with van der Waals surface area (Å²) in [5, 5.41) is 2.34. The molecule has 0 aliphatic heterocycles. The molecular formula is C14H21NO4. The molecule has 0 saturated heterocycles. The van der Waals surface area contributed by atoms with E-state index in [0.29, 0.717) is 0 Å². The Kier molecular flexibility index (Phi) is 5.36. The lowest BCUT2D eigenvalue weighted by Gasteiger charge is -2.19. The highest BCUT2D eigenvalue weighted by molar-refractivity contribution is 5.77. The van der Waals surface area contributed by atoms with Crippen LogP contribution in [0.15, 0.2) is 30.3 Å². The molecule has 1 rings (SSSR count). The van der Waals surface area contributed by atoms with Gasteiger partial charge in [0.1, 0.15) is 18.8 Å². The van der Waals surface area contributed by atoms with E-state index in [1.54, 1.807) is 20.8 Å². The molecule has 106 valence electrons. The predicted octanol–water partition coefficient (Wildman–Crippen LogP) is 2.50. The fourth-order valence-corrected chi connectivity index (χ4v) is 1.25. The molecule has 0 atom stereocenters. The summed E-state index contributed by atoms with van der Waals surface area (Å²) in [6.07, 6.45) is -0.635. The van der Waals surface area contributed by atoms with Crippen LogP contribution in [0.3, 0.4) is 0 Å². The van der Waals surface area contributed by atoms with Crippen LogP contribution in [0.2, 0.25) is 0 Å². The van der Waals surface area contributed by atoms with Crippen molar-refractivity contribution >= 4 is 12.1 Å². The second-order valence-corrected chi connectivity index (χ2v) is 5.00. The minimum absolute atomic E-state index is 0. The molecule has 1 amide bonds. The average molecular weight is 267 g/mol. The van der Waals surface area contributed by atoms with Crippen LogP contribution in [-0.2, 0) is 20.9 Å². The SMILES string of the molecule is CC(C)(C)OC(=O)NCC(=O)OCc1ccccc1.[HH]. The van der Waals surface area contributed by atoms with Crippen LogP contribution in [0.1, 0.15) is 27.8 Å². The van der Waals surface area contributed by atoms with Gasteiger partial charge in [0.05, 0.1) is 0 Å². The maximum Gasteiger partial charge on any atom is 0.408 e. The molecule has 0 saturated carbocycles. The molecule has 0 unspecified atom stereocenters. The summed E-state index contributed by atoms with van der Waals surface area (Å²) in [6, 6.07) is 9.32. The summed E-state index contributed by atoms with van der Waals surface area (Å²) >= 11 is 0. The predicted molar refractivity (Wildman–Crippen MR) is 72.6 cm³/mol. The van der Waals surface area contributed by atoms with E-state index < -0.39 is 17.7 Å². The van der Waals surface area contributed by atoms with Gasteiger partial charge in [-0.1, -0.05) is 30.3 Å². The van der Waals surface area contributed by atoms with E-state index in [1.807, 2.05) is 30.3 Å². The maximum atomic E-state index is 11.4. The van der Waals surface area contributed by atoms with E-state index in [-0.39, 0.29) is 14.6 Å². The molecule has 1 aromatic carbocycles. The van der Waals surface area contributed by atoms with Crippen molar-refractivity contribution < 1.29 is 20.5 Å². The van der Waals surface area contributed by atoms with Crippen molar-refractivity contribution in [2.45, 2.75) is 33.0 Å². The van der Waals surface area contributed by atoms with Gasteiger partial charge in [-0.25, -0.2) is 4.79 Å². The standard InChI is InChI=1S/C14H19NO4.H2/c1-14(2,3)19-13(17)15-9-12(16)18-10-11-7-5-4-6-8-11;/h4-8H,9-10H2,1-3H3,(H,15,17);1H. The number of esters is 1. The largest absolute Gasteiger partial charge is 0.460 e. The Labute approximate surface area is 114 Å². The first kappa shape index (κ1) is 15.0. The fraction of sp³-hybridized carbons (Fsp3) is 0.429. The van der Waals surface area contributed by atoms with Gasteiger partial charge in [0.15, 0.2) is 0 Å². The zero-order valence-electron chi connectivity index (χ0n) is 11.4. The second-order valence-electron chi connectivity index (χ2n) is 5.00. The number of hydrogen-bond donors (Lipinski definition) is 1. The number of rotatable bonds is 4. The third-order valence-corrected chi connectivity index (χ3v) is 2.02. The molecule has 0 bridgehead atoms. The Morgan fingerprint density at radius 1 is 1.21 bits per heavy atom. The van der Waals surface area contributed by atoms with Crippen molar-refractivity contribution in [1.29, 1.82) is 0 Å². The van der Waals surface area contributed by atoms with E-state index >= 15 is 0 Å². The van der Waals surface area contributed by atoms with Crippen molar-refractivity contribution in [2.24, 2.45) is 0 Å². The first-order valence-corrected chi connectivity index (χ1v) is 6.03. The van der Waals surface area contributed by atoms with Gasteiger partial charge in [0, 0.05) is 1.43 Å². The van der Waals surface area contributed by atoms with E-state index in [2.05, 4.69) is 5.32 Å². The van der Waals surface area contributed by atoms with Gasteiger partial charge < -0.3 is 14.8 Å². The van der Waals surface area contributed by atoms with Crippen LogP contribution >= 0.6 is 0 Å². The number of ether oxygens (including phenoxy) is 2. The zero-order chi connectivity index (χ0) is 14.3. The normalized spacial score (nSPS) is 10.7. The lowest BCUT2D eigenvalue weighted by molar-refractivity contribution is -0.143. The van der Waals surface area contributed by atoms with E-state index in [9.17, 15) is 9.59 Å². The summed E-state index contributed by atoms with van der Waals surface area (Å²) in [5.74, 6) is -0.505. The number of carbonyl (C=O) groups is 2. The van der Waals surface area contributed by atoms with Crippen molar-refractivity contribution in [1.82, 2.24) is 5.32 Å². The van der Waals surface area contributed by atoms with Crippen molar-refractivity contribution in [2.75, 3.05) is 6.54 Å². The highest BCUT2D eigenvalue weighted by Crippen LogP contribution is 2.06. The van der Waals surface area contributed by atoms with E-state index in [0.717, 1.165) is 5.56 Å². The van der Waals surface area contributed by atoms with Gasteiger partial charge in [-0.2, -0.15) is 0 Å². The third-order valence-electron chi connectivity index (χ3n) is 2.02. The Morgan fingerprint density at radius 2 is 1.84 bits per heavy atom. The van der Waals surface area contributed by atoms with Gasteiger partial charge in [-0.15, -0.1) is 0 Å². The molecule has 0 fully saturated rings. The molecule has 1 N–H and O–H groups in total. The topological polar surface area (TPSA) is 64.6 Å². The lowest BCUT2D eigenvalue weighted by atomic mass is 10.2. The van der Waals surface area contributed by atoms with Crippen LogP contribution in [0, 0.1) is 0 Å². The molecule has 19 heavy (non-hydrogen) atoms. The molecule has 0 radical (unpaired) electrons.